The SMILES string of the molecule is N#Cc1ccnc(N2CCN(C(=O)CCN3CCSC3=O)CC2)c1. The van der Waals surface area contributed by atoms with Crippen LogP contribution in [0, 0.1) is 11.3 Å². The summed E-state index contributed by atoms with van der Waals surface area (Å²) in [5.41, 5.74) is 0.589. The van der Waals surface area contributed by atoms with Crippen LogP contribution in [0.4, 0.5) is 10.6 Å². The molecular formula is C16H19N5O2S. The Labute approximate surface area is 145 Å². The summed E-state index contributed by atoms with van der Waals surface area (Å²) in [6, 6.07) is 5.57. The smallest absolute Gasteiger partial charge is 0.281 e. The fourth-order valence-corrected chi connectivity index (χ4v) is 3.71. The molecule has 0 spiro atoms. The number of hydrogen-bond acceptors (Lipinski definition) is 6. The normalized spacial score (nSPS) is 18.0. The largest absolute Gasteiger partial charge is 0.353 e. The Morgan fingerprint density at radius 3 is 2.75 bits per heavy atom. The van der Waals surface area contributed by atoms with E-state index in [2.05, 4.69) is 16.0 Å². The van der Waals surface area contributed by atoms with Gasteiger partial charge in [0.05, 0.1) is 11.6 Å². The van der Waals surface area contributed by atoms with E-state index in [1.165, 1.54) is 11.8 Å². The van der Waals surface area contributed by atoms with Crippen molar-refractivity contribution < 1.29 is 9.59 Å². The monoisotopic (exact) mass is 345 g/mol. The standard InChI is InChI=1S/C16H19N5O2S/c17-12-13-1-3-18-14(11-13)19-5-7-20(8-6-19)15(22)2-4-21-9-10-24-16(21)23/h1,3,11H,2,4-10H2. The summed E-state index contributed by atoms with van der Waals surface area (Å²) in [5, 5.41) is 9.04. The van der Waals surface area contributed by atoms with E-state index in [-0.39, 0.29) is 11.1 Å². The molecule has 0 aromatic carbocycles. The van der Waals surface area contributed by atoms with Crippen molar-refractivity contribution in [1.82, 2.24) is 14.8 Å². The van der Waals surface area contributed by atoms with Crippen molar-refractivity contribution in [1.29, 1.82) is 5.26 Å². The van der Waals surface area contributed by atoms with Crippen LogP contribution < -0.4 is 4.90 Å². The lowest BCUT2D eigenvalue weighted by atomic mass is 10.2. The third kappa shape index (κ3) is 3.79. The van der Waals surface area contributed by atoms with Crippen LogP contribution in [0.1, 0.15) is 12.0 Å². The highest BCUT2D eigenvalue weighted by atomic mass is 32.2. The van der Waals surface area contributed by atoms with Gasteiger partial charge in [-0.3, -0.25) is 9.59 Å². The number of rotatable bonds is 4. The lowest BCUT2D eigenvalue weighted by Gasteiger charge is -2.35. The zero-order chi connectivity index (χ0) is 16.9. The molecule has 2 aliphatic heterocycles. The molecule has 7 nitrogen and oxygen atoms in total. The van der Waals surface area contributed by atoms with E-state index in [0.29, 0.717) is 44.7 Å². The van der Waals surface area contributed by atoms with Gasteiger partial charge < -0.3 is 14.7 Å². The number of thioether (sulfide) groups is 1. The van der Waals surface area contributed by atoms with Gasteiger partial charge in [-0.25, -0.2) is 4.98 Å². The van der Waals surface area contributed by atoms with Gasteiger partial charge >= 0.3 is 0 Å². The second-order valence-electron chi connectivity index (χ2n) is 5.73. The molecule has 2 saturated heterocycles. The average Bonchev–Trinajstić information content (AvgIpc) is 3.05. The Balaban J connectivity index is 1.48. The highest BCUT2D eigenvalue weighted by Gasteiger charge is 2.25. The van der Waals surface area contributed by atoms with Crippen molar-refractivity contribution in [3.05, 3.63) is 23.9 Å². The van der Waals surface area contributed by atoms with E-state index in [4.69, 9.17) is 5.26 Å². The second-order valence-corrected chi connectivity index (χ2v) is 6.78. The number of pyridine rings is 1. The van der Waals surface area contributed by atoms with Gasteiger partial charge in [0.15, 0.2) is 0 Å². The fraction of sp³-hybridized carbons (Fsp3) is 0.500. The van der Waals surface area contributed by atoms with Gasteiger partial charge in [0, 0.05) is 57.6 Å². The van der Waals surface area contributed by atoms with Crippen LogP contribution in [-0.2, 0) is 4.79 Å². The molecule has 3 heterocycles. The van der Waals surface area contributed by atoms with E-state index in [9.17, 15) is 9.59 Å². The summed E-state index contributed by atoms with van der Waals surface area (Å²) in [6.45, 7) is 3.93. The molecule has 1 aromatic heterocycles. The number of anilines is 1. The molecule has 2 amide bonds. The topological polar surface area (TPSA) is 80.5 Å². The Hall–Kier alpha value is -2.27. The fourth-order valence-electron chi connectivity index (χ4n) is 2.86. The number of piperazine rings is 1. The Bertz CT molecular complexity index is 667. The molecule has 0 bridgehead atoms. The number of nitriles is 1. The highest BCUT2D eigenvalue weighted by Crippen LogP contribution is 2.18. The first kappa shape index (κ1) is 16.6. The lowest BCUT2D eigenvalue weighted by molar-refractivity contribution is -0.131. The van der Waals surface area contributed by atoms with Gasteiger partial charge in [-0.1, -0.05) is 11.8 Å². The predicted octanol–water partition coefficient (Wildman–Crippen LogP) is 1.16. The molecule has 3 rings (SSSR count). The molecule has 2 fully saturated rings. The van der Waals surface area contributed by atoms with Crippen molar-refractivity contribution in [3.63, 3.8) is 0 Å². The molecule has 126 valence electrons. The summed E-state index contributed by atoms with van der Waals surface area (Å²) in [5.74, 6) is 1.69. The summed E-state index contributed by atoms with van der Waals surface area (Å²) in [4.78, 5) is 33.8. The number of carbonyl (C=O) groups excluding carboxylic acids is 2. The number of aromatic nitrogens is 1. The average molecular weight is 345 g/mol. The first-order valence-corrected chi connectivity index (χ1v) is 8.96. The molecule has 0 radical (unpaired) electrons. The van der Waals surface area contributed by atoms with Gasteiger partial charge in [0.1, 0.15) is 5.82 Å². The van der Waals surface area contributed by atoms with Crippen molar-refractivity contribution in [2.75, 3.05) is 49.9 Å². The molecule has 8 heteroatoms. The van der Waals surface area contributed by atoms with Crippen molar-refractivity contribution in [3.8, 4) is 6.07 Å². The Morgan fingerprint density at radius 1 is 1.29 bits per heavy atom. The minimum Gasteiger partial charge on any atom is -0.353 e. The molecule has 0 unspecified atom stereocenters. The Morgan fingerprint density at radius 2 is 2.08 bits per heavy atom. The maximum Gasteiger partial charge on any atom is 0.281 e. The summed E-state index contributed by atoms with van der Waals surface area (Å²) < 4.78 is 0. The first-order valence-electron chi connectivity index (χ1n) is 7.98. The molecule has 2 aliphatic rings. The van der Waals surface area contributed by atoms with Crippen LogP contribution in [0.3, 0.4) is 0 Å². The first-order chi connectivity index (χ1) is 11.7. The third-order valence-corrected chi connectivity index (χ3v) is 5.16. The van der Waals surface area contributed by atoms with Crippen LogP contribution in [0.5, 0.6) is 0 Å². The van der Waals surface area contributed by atoms with Crippen LogP contribution in [0.15, 0.2) is 18.3 Å². The van der Waals surface area contributed by atoms with Crippen molar-refractivity contribution in [2.24, 2.45) is 0 Å². The van der Waals surface area contributed by atoms with Crippen molar-refractivity contribution >= 4 is 28.7 Å². The number of nitrogens with zero attached hydrogens (tertiary/aromatic N) is 5. The molecule has 24 heavy (non-hydrogen) atoms. The minimum absolute atomic E-state index is 0.0797. The van der Waals surface area contributed by atoms with Gasteiger partial charge in [-0.05, 0) is 12.1 Å². The van der Waals surface area contributed by atoms with Gasteiger partial charge in [-0.15, -0.1) is 0 Å². The molecule has 0 atom stereocenters. The third-order valence-electron chi connectivity index (χ3n) is 4.27. The zero-order valence-electron chi connectivity index (χ0n) is 13.3. The molecular weight excluding hydrogens is 326 g/mol. The number of hydrogen-bond donors (Lipinski definition) is 0. The van der Waals surface area contributed by atoms with Crippen LogP contribution in [0.25, 0.3) is 0 Å². The van der Waals surface area contributed by atoms with Crippen LogP contribution in [-0.4, -0.2) is 71.0 Å². The van der Waals surface area contributed by atoms with E-state index in [1.54, 1.807) is 23.2 Å². The molecule has 0 aliphatic carbocycles. The van der Waals surface area contributed by atoms with Crippen molar-refractivity contribution in [2.45, 2.75) is 6.42 Å². The van der Waals surface area contributed by atoms with E-state index < -0.39 is 0 Å². The van der Waals surface area contributed by atoms with Gasteiger partial charge in [-0.2, -0.15) is 5.26 Å². The molecule has 1 aromatic rings. The summed E-state index contributed by atoms with van der Waals surface area (Å²) >= 11 is 1.32. The predicted molar refractivity (Wildman–Crippen MR) is 91.8 cm³/mol. The molecule has 0 saturated carbocycles. The summed E-state index contributed by atoms with van der Waals surface area (Å²) in [7, 11) is 0. The minimum atomic E-state index is 0.0797. The van der Waals surface area contributed by atoms with Gasteiger partial charge in [0.2, 0.25) is 5.91 Å². The lowest BCUT2D eigenvalue weighted by Crippen LogP contribution is -2.49. The van der Waals surface area contributed by atoms with E-state index in [0.717, 1.165) is 18.1 Å². The zero-order valence-corrected chi connectivity index (χ0v) is 14.2. The van der Waals surface area contributed by atoms with E-state index >= 15 is 0 Å². The van der Waals surface area contributed by atoms with Gasteiger partial charge in [0.25, 0.3) is 5.24 Å². The Kier molecular flexibility index (Phi) is 5.20. The maximum atomic E-state index is 12.3. The van der Waals surface area contributed by atoms with E-state index in [1.807, 2.05) is 4.90 Å². The van der Waals surface area contributed by atoms with Crippen LogP contribution in [0.2, 0.25) is 0 Å². The van der Waals surface area contributed by atoms with Crippen LogP contribution >= 0.6 is 11.8 Å². The molecule has 0 N–H and O–H groups in total. The highest BCUT2D eigenvalue weighted by molar-refractivity contribution is 8.13. The quantitative estimate of drug-likeness (QED) is 0.815. The summed E-state index contributed by atoms with van der Waals surface area (Å²) in [6.07, 6.45) is 2.02. The maximum absolute atomic E-state index is 12.3. The number of amides is 2. The second kappa shape index (κ2) is 7.53. The number of carbonyl (C=O) groups is 2.